The minimum absolute atomic E-state index is 0.196. The topological polar surface area (TPSA) is 0 Å². The van der Waals surface area contributed by atoms with Crippen molar-refractivity contribution in [1.82, 2.24) is 0 Å². The van der Waals surface area contributed by atoms with Gasteiger partial charge in [0.05, 0.1) is 5.02 Å². The van der Waals surface area contributed by atoms with Crippen LogP contribution in [0.2, 0.25) is 17.1 Å². The highest BCUT2D eigenvalue weighted by Gasteiger charge is 2.21. The SMILES string of the molecule is C[Si]C1CCC(c2ccc(CCc3ccc(Cl)c(F)c3)cc2)CC1. The third-order valence-corrected chi connectivity index (χ3v) is 6.97. The van der Waals surface area contributed by atoms with E-state index in [1.165, 1.54) is 36.8 Å². The molecule has 126 valence electrons. The lowest BCUT2D eigenvalue weighted by Crippen LogP contribution is -2.12. The second kappa shape index (κ2) is 8.31. The minimum atomic E-state index is -0.326. The number of aryl methyl sites for hydroxylation is 2. The molecule has 0 bridgehead atoms. The number of hydrogen-bond donors (Lipinski definition) is 0. The molecular weight excluding hydrogens is 335 g/mol. The molecular formula is C21H24ClFSi. The molecule has 2 aromatic carbocycles. The highest BCUT2D eigenvalue weighted by molar-refractivity contribution is 6.35. The summed E-state index contributed by atoms with van der Waals surface area (Å²) in [5.41, 5.74) is 4.78. The highest BCUT2D eigenvalue weighted by atomic mass is 35.5. The summed E-state index contributed by atoms with van der Waals surface area (Å²) < 4.78 is 13.5. The second-order valence-corrected chi connectivity index (χ2v) is 8.63. The predicted molar refractivity (Wildman–Crippen MR) is 102 cm³/mol. The first-order valence-electron chi connectivity index (χ1n) is 8.85. The van der Waals surface area contributed by atoms with Crippen LogP contribution in [-0.4, -0.2) is 9.52 Å². The quantitative estimate of drug-likeness (QED) is 0.538. The molecule has 1 aliphatic carbocycles. The Bertz CT molecular complexity index is 660. The van der Waals surface area contributed by atoms with Crippen LogP contribution in [0.3, 0.4) is 0 Å². The van der Waals surface area contributed by atoms with Crippen molar-refractivity contribution in [2.75, 3.05) is 0 Å². The first kappa shape index (κ1) is 17.7. The first-order valence-corrected chi connectivity index (χ1v) is 10.8. The van der Waals surface area contributed by atoms with Crippen LogP contribution in [0.25, 0.3) is 0 Å². The van der Waals surface area contributed by atoms with Crippen molar-refractivity contribution in [2.45, 2.75) is 56.5 Å². The molecule has 0 aliphatic heterocycles. The van der Waals surface area contributed by atoms with Crippen LogP contribution in [0, 0.1) is 5.82 Å². The molecule has 3 rings (SSSR count). The zero-order valence-corrected chi connectivity index (χ0v) is 16.0. The lowest BCUT2D eigenvalue weighted by atomic mass is 9.83. The molecule has 0 atom stereocenters. The van der Waals surface area contributed by atoms with Gasteiger partial charge in [0.1, 0.15) is 5.82 Å². The van der Waals surface area contributed by atoms with Gasteiger partial charge in [-0.15, -0.1) is 0 Å². The van der Waals surface area contributed by atoms with Gasteiger partial charge in [-0.2, -0.15) is 0 Å². The van der Waals surface area contributed by atoms with Crippen LogP contribution in [0.15, 0.2) is 42.5 Å². The predicted octanol–water partition coefficient (Wildman–Crippen LogP) is 6.46. The lowest BCUT2D eigenvalue weighted by Gasteiger charge is -2.28. The van der Waals surface area contributed by atoms with Crippen molar-refractivity contribution >= 4 is 21.1 Å². The van der Waals surface area contributed by atoms with Gasteiger partial charge in [0.25, 0.3) is 0 Å². The van der Waals surface area contributed by atoms with Gasteiger partial charge >= 0.3 is 0 Å². The fourth-order valence-corrected chi connectivity index (χ4v) is 4.68. The summed E-state index contributed by atoms with van der Waals surface area (Å²) >= 11 is 5.73. The monoisotopic (exact) mass is 358 g/mol. The summed E-state index contributed by atoms with van der Waals surface area (Å²) in [6, 6.07) is 14.2. The Hall–Kier alpha value is -1.12. The molecule has 0 unspecified atom stereocenters. The maximum Gasteiger partial charge on any atom is 0.142 e. The smallest absolute Gasteiger partial charge is 0.142 e. The Morgan fingerprint density at radius 3 is 2.21 bits per heavy atom. The van der Waals surface area contributed by atoms with Crippen molar-refractivity contribution in [3.05, 3.63) is 70.0 Å². The second-order valence-electron chi connectivity index (χ2n) is 6.83. The van der Waals surface area contributed by atoms with Gasteiger partial charge < -0.3 is 0 Å². The number of benzene rings is 2. The number of hydrogen-bond acceptors (Lipinski definition) is 0. The van der Waals surface area contributed by atoms with Gasteiger partial charge in [-0.1, -0.05) is 61.3 Å². The Morgan fingerprint density at radius 2 is 1.58 bits per heavy atom. The van der Waals surface area contributed by atoms with E-state index in [0.29, 0.717) is 0 Å². The molecule has 0 amide bonds. The third-order valence-electron chi connectivity index (χ3n) is 5.27. The van der Waals surface area contributed by atoms with Crippen LogP contribution >= 0.6 is 11.6 Å². The Labute approximate surface area is 152 Å². The molecule has 0 spiro atoms. The van der Waals surface area contributed by atoms with E-state index in [1.807, 2.05) is 6.07 Å². The van der Waals surface area contributed by atoms with Gasteiger partial charge in [-0.3, -0.25) is 0 Å². The first-order chi connectivity index (χ1) is 11.7. The molecule has 1 aliphatic rings. The van der Waals surface area contributed by atoms with Gasteiger partial charge in [-0.25, -0.2) is 4.39 Å². The fourth-order valence-electron chi connectivity index (χ4n) is 3.66. The van der Waals surface area contributed by atoms with Crippen LogP contribution in [0.5, 0.6) is 0 Å². The summed E-state index contributed by atoms with van der Waals surface area (Å²) in [6.07, 6.45) is 7.25. The van der Waals surface area contributed by atoms with Crippen molar-refractivity contribution in [1.29, 1.82) is 0 Å². The largest absolute Gasteiger partial charge is 0.205 e. The van der Waals surface area contributed by atoms with Gasteiger partial charge in [0.2, 0.25) is 0 Å². The summed E-state index contributed by atoms with van der Waals surface area (Å²) in [5.74, 6) is 0.421. The third kappa shape index (κ3) is 4.49. The summed E-state index contributed by atoms with van der Waals surface area (Å²) in [5, 5.41) is 0.196. The molecule has 2 radical (unpaired) electrons. The summed E-state index contributed by atoms with van der Waals surface area (Å²) in [4.78, 5) is 0. The molecule has 2 aromatic rings. The summed E-state index contributed by atoms with van der Waals surface area (Å²) in [6.45, 7) is 2.34. The molecule has 0 heterocycles. The average Bonchev–Trinajstić information content (AvgIpc) is 2.63. The van der Waals surface area contributed by atoms with Gasteiger partial charge in [0, 0.05) is 9.52 Å². The number of halogens is 2. The minimum Gasteiger partial charge on any atom is -0.205 e. The molecule has 24 heavy (non-hydrogen) atoms. The average molecular weight is 359 g/mol. The molecule has 1 fully saturated rings. The molecule has 0 aromatic heterocycles. The van der Waals surface area contributed by atoms with Crippen LogP contribution in [0.4, 0.5) is 4.39 Å². The molecule has 0 nitrogen and oxygen atoms in total. The summed E-state index contributed by atoms with van der Waals surface area (Å²) in [7, 11) is 1.10. The van der Waals surface area contributed by atoms with Crippen molar-refractivity contribution in [2.24, 2.45) is 0 Å². The van der Waals surface area contributed by atoms with E-state index in [1.54, 1.807) is 12.1 Å². The molecule has 0 saturated heterocycles. The van der Waals surface area contributed by atoms with Gasteiger partial charge in [0.15, 0.2) is 0 Å². The Kier molecular flexibility index (Phi) is 6.12. The highest BCUT2D eigenvalue weighted by Crippen LogP contribution is 2.38. The van der Waals surface area contributed by atoms with E-state index in [2.05, 4.69) is 30.8 Å². The van der Waals surface area contributed by atoms with Crippen molar-refractivity contribution in [3.63, 3.8) is 0 Å². The van der Waals surface area contributed by atoms with E-state index in [0.717, 1.165) is 39.4 Å². The normalized spacial score (nSPS) is 21.0. The van der Waals surface area contributed by atoms with Crippen LogP contribution in [0.1, 0.15) is 48.3 Å². The van der Waals surface area contributed by atoms with Crippen LogP contribution < -0.4 is 0 Å². The van der Waals surface area contributed by atoms with Crippen molar-refractivity contribution < 1.29 is 4.39 Å². The van der Waals surface area contributed by atoms with E-state index in [9.17, 15) is 4.39 Å². The van der Waals surface area contributed by atoms with E-state index >= 15 is 0 Å². The lowest BCUT2D eigenvalue weighted by molar-refractivity contribution is 0.441. The van der Waals surface area contributed by atoms with Crippen LogP contribution in [-0.2, 0) is 12.8 Å². The zero-order valence-electron chi connectivity index (χ0n) is 14.2. The fraction of sp³-hybridized carbons (Fsp3) is 0.429. The van der Waals surface area contributed by atoms with E-state index < -0.39 is 0 Å². The maximum absolute atomic E-state index is 13.5. The zero-order chi connectivity index (χ0) is 16.9. The molecule has 0 N–H and O–H groups in total. The van der Waals surface area contributed by atoms with E-state index in [-0.39, 0.29) is 10.8 Å². The standard InChI is InChI=1S/C21H24ClFSi/c1-24-19-11-9-18(10-12-19)17-7-4-15(5-8-17)2-3-16-6-13-20(22)21(23)14-16/h4-8,13-14,18-19H,2-3,9-12H2,1H3. The van der Waals surface area contributed by atoms with Crippen molar-refractivity contribution in [3.8, 4) is 0 Å². The Morgan fingerprint density at radius 1 is 0.958 bits per heavy atom. The number of rotatable bonds is 5. The Balaban J connectivity index is 1.55. The molecule has 3 heteroatoms. The van der Waals surface area contributed by atoms with E-state index in [4.69, 9.17) is 11.6 Å². The molecule has 1 saturated carbocycles. The maximum atomic E-state index is 13.5. The van der Waals surface area contributed by atoms with Gasteiger partial charge in [-0.05, 0) is 66.0 Å².